The first kappa shape index (κ1) is 15.4. The average molecular weight is 291 g/mol. The third-order valence-electron chi connectivity index (χ3n) is 4.19. The van der Waals surface area contributed by atoms with E-state index in [9.17, 15) is 4.79 Å². The predicted octanol–water partition coefficient (Wildman–Crippen LogP) is 3.57. The number of carbonyl (C=O) groups excluding carboxylic acids is 1. The van der Waals surface area contributed by atoms with E-state index >= 15 is 0 Å². The molecule has 1 aromatic rings. The first-order valence-electron chi connectivity index (χ1n) is 7.64. The van der Waals surface area contributed by atoms with Gasteiger partial charge in [0, 0.05) is 13.6 Å². The molecule has 1 aliphatic rings. The van der Waals surface area contributed by atoms with Gasteiger partial charge < -0.3 is 4.90 Å². The molecule has 1 fully saturated rings. The van der Waals surface area contributed by atoms with Crippen LogP contribution in [0.5, 0.6) is 0 Å². The van der Waals surface area contributed by atoms with E-state index in [1.807, 2.05) is 30.1 Å². The molecule has 0 aromatic heterocycles. The van der Waals surface area contributed by atoms with Crippen molar-refractivity contribution in [3.63, 3.8) is 0 Å². The lowest BCUT2D eigenvalue weighted by atomic mass is 9.89. The van der Waals surface area contributed by atoms with E-state index in [2.05, 4.69) is 24.8 Å². The molecule has 0 saturated heterocycles. The molecule has 1 aromatic carbocycles. The Bertz CT molecular complexity index is 414. The fourth-order valence-electron chi connectivity index (χ4n) is 3.03. The minimum absolute atomic E-state index is 0.155. The molecule has 1 atom stereocenters. The van der Waals surface area contributed by atoms with E-state index in [1.165, 1.54) is 37.7 Å². The maximum atomic E-state index is 12.4. The third kappa shape index (κ3) is 4.55. The first-order valence-corrected chi connectivity index (χ1v) is 8.15. The number of amides is 1. The smallest absolute Gasteiger partial charge is 0.235 e. The highest BCUT2D eigenvalue weighted by Crippen LogP contribution is 2.24. The lowest BCUT2D eigenvalue weighted by Crippen LogP contribution is -2.38. The molecule has 3 heteroatoms. The zero-order valence-electron chi connectivity index (χ0n) is 12.3. The summed E-state index contributed by atoms with van der Waals surface area (Å²) in [6, 6.07) is 10.1. The van der Waals surface area contributed by atoms with Gasteiger partial charge in [-0.25, -0.2) is 0 Å². The molecule has 110 valence electrons. The first-order chi connectivity index (χ1) is 9.66. The van der Waals surface area contributed by atoms with Crippen LogP contribution in [0.2, 0.25) is 0 Å². The standard InChI is InChI=1S/C17H25NOS/c1-18(13-15-10-6-3-7-11-15)17(19)16(20)12-14-8-4-2-5-9-14/h2,4-5,8-9,15-16,20H,3,6-7,10-13H2,1H3. The van der Waals surface area contributed by atoms with Crippen molar-refractivity contribution < 1.29 is 4.79 Å². The van der Waals surface area contributed by atoms with Crippen molar-refractivity contribution in [3.05, 3.63) is 35.9 Å². The molecule has 0 spiro atoms. The Balaban J connectivity index is 1.82. The second-order valence-corrected chi connectivity index (χ2v) is 6.55. The van der Waals surface area contributed by atoms with Crippen LogP contribution in [-0.2, 0) is 11.2 Å². The highest BCUT2D eigenvalue weighted by atomic mass is 32.1. The summed E-state index contributed by atoms with van der Waals surface area (Å²) in [5.74, 6) is 0.845. The highest BCUT2D eigenvalue weighted by molar-refractivity contribution is 7.81. The maximum Gasteiger partial charge on any atom is 0.235 e. The summed E-state index contributed by atoms with van der Waals surface area (Å²) < 4.78 is 0. The van der Waals surface area contributed by atoms with Crippen LogP contribution in [0, 0.1) is 5.92 Å². The number of benzene rings is 1. The van der Waals surface area contributed by atoms with Crippen LogP contribution in [0.15, 0.2) is 30.3 Å². The van der Waals surface area contributed by atoms with Crippen LogP contribution in [0.1, 0.15) is 37.7 Å². The Hall–Kier alpha value is -0.960. The summed E-state index contributed by atoms with van der Waals surface area (Å²) in [4.78, 5) is 14.3. The monoisotopic (exact) mass is 291 g/mol. The van der Waals surface area contributed by atoms with Gasteiger partial charge in [-0.2, -0.15) is 12.6 Å². The number of nitrogens with zero attached hydrogens (tertiary/aromatic N) is 1. The van der Waals surface area contributed by atoms with Gasteiger partial charge in [0.15, 0.2) is 0 Å². The molecule has 0 aliphatic heterocycles. The van der Waals surface area contributed by atoms with Crippen molar-refractivity contribution in [3.8, 4) is 0 Å². The third-order valence-corrected chi connectivity index (χ3v) is 4.59. The fourth-order valence-corrected chi connectivity index (χ4v) is 3.43. The van der Waals surface area contributed by atoms with Crippen LogP contribution < -0.4 is 0 Å². The second-order valence-electron chi connectivity index (χ2n) is 5.93. The molecule has 0 N–H and O–H groups in total. The number of rotatable bonds is 5. The fraction of sp³-hybridized carbons (Fsp3) is 0.588. The topological polar surface area (TPSA) is 20.3 Å². The number of carbonyl (C=O) groups is 1. The van der Waals surface area contributed by atoms with E-state index in [0.29, 0.717) is 12.3 Å². The van der Waals surface area contributed by atoms with Crippen LogP contribution in [0.4, 0.5) is 0 Å². The largest absolute Gasteiger partial charge is 0.345 e. The number of hydrogen-bond acceptors (Lipinski definition) is 2. The summed E-state index contributed by atoms with van der Waals surface area (Å²) in [6.45, 7) is 0.894. The van der Waals surface area contributed by atoms with E-state index in [0.717, 1.165) is 6.54 Å². The summed E-state index contributed by atoms with van der Waals surface area (Å²) in [6.07, 6.45) is 7.25. The minimum Gasteiger partial charge on any atom is -0.345 e. The molecule has 2 rings (SSSR count). The van der Waals surface area contributed by atoms with Gasteiger partial charge in [-0.05, 0) is 30.7 Å². The van der Waals surface area contributed by atoms with Gasteiger partial charge >= 0.3 is 0 Å². The van der Waals surface area contributed by atoms with Crippen molar-refractivity contribution >= 4 is 18.5 Å². The molecule has 1 amide bonds. The number of hydrogen-bond donors (Lipinski definition) is 1. The minimum atomic E-state index is -0.231. The molecule has 0 bridgehead atoms. The Kier molecular flexibility index (Phi) is 5.96. The van der Waals surface area contributed by atoms with E-state index in [4.69, 9.17) is 0 Å². The van der Waals surface area contributed by atoms with E-state index < -0.39 is 0 Å². The van der Waals surface area contributed by atoms with Crippen molar-refractivity contribution in [2.75, 3.05) is 13.6 Å². The molecule has 20 heavy (non-hydrogen) atoms. The van der Waals surface area contributed by atoms with Crippen molar-refractivity contribution in [2.24, 2.45) is 5.92 Å². The van der Waals surface area contributed by atoms with Gasteiger partial charge in [-0.1, -0.05) is 49.6 Å². The average Bonchev–Trinajstić information content (AvgIpc) is 2.48. The zero-order chi connectivity index (χ0) is 14.4. The maximum absolute atomic E-state index is 12.4. The van der Waals surface area contributed by atoms with Gasteiger partial charge in [0.2, 0.25) is 5.91 Å². The normalized spacial score (nSPS) is 17.7. The zero-order valence-corrected chi connectivity index (χ0v) is 13.2. The summed E-state index contributed by atoms with van der Waals surface area (Å²) in [5, 5.41) is -0.231. The van der Waals surface area contributed by atoms with Crippen molar-refractivity contribution in [2.45, 2.75) is 43.8 Å². The quantitative estimate of drug-likeness (QED) is 0.822. The van der Waals surface area contributed by atoms with Crippen LogP contribution in [0.3, 0.4) is 0 Å². The van der Waals surface area contributed by atoms with E-state index in [1.54, 1.807) is 0 Å². The Morgan fingerprint density at radius 1 is 1.25 bits per heavy atom. The van der Waals surface area contributed by atoms with Crippen molar-refractivity contribution in [1.29, 1.82) is 0 Å². The van der Waals surface area contributed by atoms with Crippen LogP contribution in [-0.4, -0.2) is 29.6 Å². The Morgan fingerprint density at radius 2 is 1.90 bits per heavy atom. The van der Waals surface area contributed by atoms with Crippen LogP contribution >= 0.6 is 12.6 Å². The van der Waals surface area contributed by atoms with Crippen LogP contribution in [0.25, 0.3) is 0 Å². The Morgan fingerprint density at radius 3 is 2.55 bits per heavy atom. The summed E-state index contributed by atoms with van der Waals surface area (Å²) in [7, 11) is 1.92. The molecule has 0 heterocycles. The van der Waals surface area contributed by atoms with Gasteiger partial charge in [0.25, 0.3) is 0 Å². The van der Waals surface area contributed by atoms with Crippen molar-refractivity contribution in [1.82, 2.24) is 4.90 Å². The lowest BCUT2D eigenvalue weighted by molar-refractivity contribution is -0.130. The van der Waals surface area contributed by atoms with Gasteiger partial charge in [-0.15, -0.1) is 0 Å². The summed E-state index contributed by atoms with van der Waals surface area (Å²) >= 11 is 4.50. The van der Waals surface area contributed by atoms with Gasteiger partial charge in [-0.3, -0.25) is 4.79 Å². The lowest BCUT2D eigenvalue weighted by Gasteiger charge is -2.28. The number of thiol groups is 1. The van der Waals surface area contributed by atoms with E-state index in [-0.39, 0.29) is 11.2 Å². The molecular weight excluding hydrogens is 266 g/mol. The molecule has 1 unspecified atom stereocenters. The second kappa shape index (κ2) is 7.72. The van der Waals surface area contributed by atoms with Gasteiger partial charge in [0.1, 0.15) is 0 Å². The molecule has 0 radical (unpaired) electrons. The molecule has 1 aliphatic carbocycles. The SMILES string of the molecule is CN(CC1CCCCC1)C(=O)C(S)Cc1ccccc1. The molecule has 1 saturated carbocycles. The highest BCUT2D eigenvalue weighted by Gasteiger charge is 2.22. The predicted molar refractivity (Wildman–Crippen MR) is 87.1 cm³/mol. The molecular formula is C17H25NOS. The summed E-state index contributed by atoms with van der Waals surface area (Å²) in [5.41, 5.74) is 1.17. The molecule has 2 nitrogen and oxygen atoms in total. The van der Waals surface area contributed by atoms with Gasteiger partial charge in [0.05, 0.1) is 5.25 Å². The Labute approximate surface area is 128 Å².